The fourth-order valence-corrected chi connectivity index (χ4v) is 4.16. The van der Waals surface area contributed by atoms with Gasteiger partial charge in [-0.05, 0) is 38.9 Å². The molecular formula is C20H28N4O3S. The summed E-state index contributed by atoms with van der Waals surface area (Å²) in [6, 6.07) is 5.93. The Kier molecular flexibility index (Phi) is 9.03. The number of nitrogens with zero attached hydrogens (tertiary/aromatic N) is 4. The summed E-state index contributed by atoms with van der Waals surface area (Å²) in [4.78, 5) is 35.3. The number of aryl methyl sites for hydroxylation is 1. The van der Waals surface area contributed by atoms with Gasteiger partial charge in [-0.3, -0.25) is 14.6 Å². The van der Waals surface area contributed by atoms with Crippen molar-refractivity contribution in [3.63, 3.8) is 0 Å². The Hall–Kier alpha value is -2.32. The minimum Gasteiger partial charge on any atom is -0.483 e. The van der Waals surface area contributed by atoms with Crippen LogP contribution in [0.15, 0.2) is 30.6 Å². The maximum Gasteiger partial charge on any atom is 0.290 e. The molecular weight excluding hydrogens is 376 g/mol. The van der Waals surface area contributed by atoms with E-state index in [0.29, 0.717) is 12.3 Å². The standard InChI is InChI=1S/C19H26N4OS.CH2O2/c1-15-12-21-19(25-15)16-6-5-10-23(13-16)18(24)8-11-22(2)14-17-7-3-4-9-20-17;2-1-3/h3-4,7,9,12,16H,5-6,8,10-11,13-14H2,1-2H3;1H,(H,2,3). The zero-order valence-electron chi connectivity index (χ0n) is 16.5. The van der Waals surface area contributed by atoms with Crippen LogP contribution in [-0.4, -0.2) is 63.9 Å². The number of carbonyl (C=O) groups excluding carboxylic acids is 1. The van der Waals surface area contributed by atoms with Crippen LogP contribution in [0.1, 0.15) is 40.8 Å². The molecule has 1 aliphatic heterocycles. The van der Waals surface area contributed by atoms with Gasteiger partial charge < -0.3 is 14.9 Å². The molecule has 1 N–H and O–H groups in total. The number of pyridine rings is 1. The minimum absolute atomic E-state index is 0.250. The number of carboxylic acid groups (broad SMARTS) is 1. The smallest absolute Gasteiger partial charge is 0.290 e. The number of amides is 1. The first-order valence-corrected chi connectivity index (χ1v) is 10.2. The van der Waals surface area contributed by atoms with Gasteiger partial charge in [-0.15, -0.1) is 11.3 Å². The van der Waals surface area contributed by atoms with Crippen molar-refractivity contribution in [1.82, 2.24) is 19.8 Å². The van der Waals surface area contributed by atoms with E-state index in [-0.39, 0.29) is 12.4 Å². The van der Waals surface area contributed by atoms with E-state index >= 15 is 0 Å². The van der Waals surface area contributed by atoms with Crippen LogP contribution in [-0.2, 0) is 16.1 Å². The maximum atomic E-state index is 12.6. The largest absolute Gasteiger partial charge is 0.483 e. The van der Waals surface area contributed by atoms with Crippen LogP contribution in [0, 0.1) is 6.92 Å². The Balaban J connectivity index is 0.000000878. The number of carbonyl (C=O) groups is 2. The minimum atomic E-state index is -0.250. The van der Waals surface area contributed by atoms with E-state index in [0.717, 1.165) is 44.7 Å². The number of hydrogen-bond donors (Lipinski definition) is 1. The second-order valence-electron chi connectivity index (χ2n) is 6.90. The molecule has 0 bridgehead atoms. The quantitative estimate of drug-likeness (QED) is 0.745. The average Bonchev–Trinajstić information content (AvgIpc) is 3.14. The SMILES string of the molecule is Cc1cnc(C2CCCN(C(=O)CCN(C)Cc3ccccn3)C2)s1.O=CO. The third kappa shape index (κ3) is 7.01. The van der Waals surface area contributed by atoms with E-state index < -0.39 is 0 Å². The molecule has 3 heterocycles. The van der Waals surface area contributed by atoms with E-state index in [2.05, 4.69) is 21.8 Å². The van der Waals surface area contributed by atoms with Gasteiger partial charge in [-0.1, -0.05) is 6.07 Å². The van der Waals surface area contributed by atoms with Crippen LogP contribution in [0.5, 0.6) is 0 Å². The molecule has 3 rings (SSSR count). The maximum absolute atomic E-state index is 12.6. The lowest BCUT2D eigenvalue weighted by Crippen LogP contribution is -2.40. The van der Waals surface area contributed by atoms with Crippen molar-refractivity contribution in [3.05, 3.63) is 46.2 Å². The molecule has 0 spiro atoms. The summed E-state index contributed by atoms with van der Waals surface area (Å²) in [7, 11) is 2.04. The molecule has 0 aliphatic carbocycles. The monoisotopic (exact) mass is 404 g/mol. The molecule has 1 fully saturated rings. The molecule has 7 nitrogen and oxygen atoms in total. The van der Waals surface area contributed by atoms with Gasteiger partial charge in [-0.2, -0.15) is 0 Å². The Labute approximate surface area is 170 Å². The molecule has 152 valence electrons. The van der Waals surface area contributed by atoms with Crippen molar-refractivity contribution >= 4 is 23.7 Å². The van der Waals surface area contributed by atoms with Crippen molar-refractivity contribution in [2.24, 2.45) is 0 Å². The van der Waals surface area contributed by atoms with Gasteiger partial charge in [-0.25, -0.2) is 4.98 Å². The second-order valence-corrected chi connectivity index (χ2v) is 8.17. The third-order valence-electron chi connectivity index (χ3n) is 4.63. The first-order valence-electron chi connectivity index (χ1n) is 9.40. The number of likely N-dealkylation sites (tertiary alicyclic amines) is 1. The van der Waals surface area contributed by atoms with Crippen LogP contribution in [0.3, 0.4) is 0 Å². The fraction of sp³-hybridized carbons (Fsp3) is 0.500. The Bertz CT molecular complexity index is 738. The molecule has 1 atom stereocenters. The van der Waals surface area contributed by atoms with Crippen molar-refractivity contribution in [3.8, 4) is 0 Å². The zero-order chi connectivity index (χ0) is 20.4. The molecule has 28 heavy (non-hydrogen) atoms. The molecule has 0 radical (unpaired) electrons. The predicted molar refractivity (Wildman–Crippen MR) is 109 cm³/mol. The topological polar surface area (TPSA) is 86.6 Å². The van der Waals surface area contributed by atoms with Crippen molar-refractivity contribution in [2.45, 2.75) is 38.6 Å². The van der Waals surface area contributed by atoms with E-state index in [4.69, 9.17) is 9.90 Å². The first kappa shape index (κ1) is 22.0. The zero-order valence-corrected chi connectivity index (χ0v) is 17.3. The summed E-state index contributed by atoms with van der Waals surface area (Å²) in [5.41, 5.74) is 1.04. The molecule has 1 unspecified atom stereocenters. The van der Waals surface area contributed by atoms with Gasteiger partial charge in [0.2, 0.25) is 5.91 Å². The Morgan fingerprint density at radius 2 is 2.21 bits per heavy atom. The van der Waals surface area contributed by atoms with E-state index in [1.807, 2.05) is 42.5 Å². The Morgan fingerprint density at radius 1 is 1.43 bits per heavy atom. The van der Waals surface area contributed by atoms with Crippen LogP contribution < -0.4 is 0 Å². The van der Waals surface area contributed by atoms with E-state index in [1.165, 1.54) is 9.88 Å². The summed E-state index contributed by atoms with van der Waals surface area (Å²) in [5, 5.41) is 8.07. The number of aromatic nitrogens is 2. The van der Waals surface area contributed by atoms with Gasteiger partial charge in [0.1, 0.15) is 0 Å². The highest BCUT2D eigenvalue weighted by molar-refractivity contribution is 7.11. The van der Waals surface area contributed by atoms with Crippen LogP contribution in [0.4, 0.5) is 0 Å². The molecule has 0 saturated carbocycles. The van der Waals surface area contributed by atoms with Crippen LogP contribution in [0.2, 0.25) is 0 Å². The van der Waals surface area contributed by atoms with Crippen LogP contribution in [0.25, 0.3) is 0 Å². The van der Waals surface area contributed by atoms with Crippen molar-refractivity contribution < 1.29 is 14.7 Å². The highest BCUT2D eigenvalue weighted by Crippen LogP contribution is 2.29. The van der Waals surface area contributed by atoms with Gasteiger partial charge in [0.05, 0.1) is 10.7 Å². The third-order valence-corrected chi connectivity index (χ3v) is 5.70. The fourth-order valence-electron chi connectivity index (χ4n) is 3.26. The second kappa shape index (κ2) is 11.5. The lowest BCUT2D eigenvalue weighted by Gasteiger charge is -2.32. The molecule has 2 aromatic rings. The van der Waals surface area contributed by atoms with E-state index in [1.54, 1.807) is 11.3 Å². The number of piperidine rings is 1. The average molecular weight is 405 g/mol. The normalized spacial score (nSPS) is 16.4. The van der Waals surface area contributed by atoms with Crippen LogP contribution >= 0.6 is 11.3 Å². The molecule has 2 aromatic heterocycles. The van der Waals surface area contributed by atoms with Gasteiger partial charge >= 0.3 is 0 Å². The van der Waals surface area contributed by atoms with Gasteiger partial charge in [0, 0.05) is 55.8 Å². The summed E-state index contributed by atoms with van der Waals surface area (Å²) >= 11 is 1.76. The molecule has 8 heteroatoms. The van der Waals surface area contributed by atoms with Gasteiger partial charge in [0.25, 0.3) is 6.47 Å². The first-order chi connectivity index (χ1) is 13.5. The number of thiazole rings is 1. The number of hydrogen-bond acceptors (Lipinski definition) is 6. The molecule has 1 amide bonds. The van der Waals surface area contributed by atoms with Crippen molar-refractivity contribution in [2.75, 3.05) is 26.7 Å². The predicted octanol–water partition coefficient (Wildman–Crippen LogP) is 2.78. The molecule has 0 aromatic carbocycles. The summed E-state index contributed by atoms with van der Waals surface area (Å²) in [6.45, 7) is 5.06. The highest BCUT2D eigenvalue weighted by atomic mass is 32.1. The number of rotatable bonds is 6. The molecule has 1 saturated heterocycles. The van der Waals surface area contributed by atoms with E-state index in [9.17, 15) is 4.79 Å². The summed E-state index contributed by atoms with van der Waals surface area (Å²) < 4.78 is 0. The Morgan fingerprint density at radius 3 is 2.86 bits per heavy atom. The lowest BCUT2D eigenvalue weighted by atomic mass is 9.98. The summed E-state index contributed by atoms with van der Waals surface area (Å²) in [6.07, 6.45) is 6.51. The molecule has 1 aliphatic rings. The van der Waals surface area contributed by atoms with Crippen molar-refractivity contribution in [1.29, 1.82) is 0 Å². The lowest BCUT2D eigenvalue weighted by molar-refractivity contribution is -0.132. The van der Waals surface area contributed by atoms with Gasteiger partial charge in [0.15, 0.2) is 0 Å². The highest BCUT2D eigenvalue weighted by Gasteiger charge is 2.26. The summed E-state index contributed by atoms with van der Waals surface area (Å²) in [5.74, 6) is 0.661.